The fraction of sp³-hybridized carbons (Fsp3) is 0.333. The lowest BCUT2D eigenvalue weighted by atomic mass is 10.2. The third-order valence-electron chi connectivity index (χ3n) is 2.90. The van der Waals surface area contributed by atoms with Crippen LogP contribution < -0.4 is 5.32 Å². The molecule has 21 heavy (non-hydrogen) atoms. The van der Waals surface area contributed by atoms with Gasteiger partial charge in [0.15, 0.2) is 0 Å². The van der Waals surface area contributed by atoms with E-state index in [-0.39, 0.29) is 5.91 Å². The molecule has 1 aromatic carbocycles. The summed E-state index contributed by atoms with van der Waals surface area (Å²) in [4.78, 5) is 17.2. The Morgan fingerprint density at radius 2 is 2.10 bits per heavy atom. The maximum absolute atomic E-state index is 12.1. The standard InChI is InChI=1S/C15H17ClN2O2S/c1-10-13(14(19)17-8-3-9-20-2)21-15(18-10)11-4-6-12(16)7-5-11/h4-7H,3,8-9H2,1-2H3,(H,17,19). The molecule has 1 heterocycles. The predicted molar refractivity (Wildman–Crippen MR) is 86.1 cm³/mol. The number of aromatic nitrogens is 1. The van der Waals surface area contributed by atoms with Crippen LogP contribution in [-0.2, 0) is 4.74 Å². The van der Waals surface area contributed by atoms with E-state index >= 15 is 0 Å². The molecule has 0 aliphatic rings. The molecule has 0 bridgehead atoms. The molecular weight excluding hydrogens is 308 g/mol. The third kappa shape index (κ3) is 4.27. The molecule has 1 N–H and O–H groups in total. The first kappa shape index (κ1) is 15.9. The van der Waals surface area contributed by atoms with E-state index in [1.807, 2.05) is 31.2 Å². The maximum atomic E-state index is 12.1. The van der Waals surface area contributed by atoms with Crippen LogP contribution in [0.15, 0.2) is 24.3 Å². The van der Waals surface area contributed by atoms with Gasteiger partial charge in [-0.15, -0.1) is 11.3 Å². The monoisotopic (exact) mass is 324 g/mol. The maximum Gasteiger partial charge on any atom is 0.263 e. The quantitative estimate of drug-likeness (QED) is 0.827. The summed E-state index contributed by atoms with van der Waals surface area (Å²) in [6.45, 7) is 3.08. The second kappa shape index (κ2) is 7.54. The first-order valence-electron chi connectivity index (χ1n) is 6.62. The van der Waals surface area contributed by atoms with Crippen molar-refractivity contribution in [3.05, 3.63) is 39.9 Å². The van der Waals surface area contributed by atoms with Gasteiger partial charge in [-0.2, -0.15) is 0 Å². The molecule has 0 atom stereocenters. The molecule has 0 aliphatic heterocycles. The fourth-order valence-corrected chi connectivity index (χ4v) is 2.94. The van der Waals surface area contributed by atoms with Crippen LogP contribution >= 0.6 is 22.9 Å². The zero-order valence-electron chi connectivity index (χ0n) is 12.0. The van der Waals surface area contributed by atoms with E-state index in [1.54, 1.807) is 7.11 Å². The molecule has 2 aromatic rings. The number of hydrogen-bond donors (Lipinski definition) is 1. The minimum atomic E-state index is -0.0821. The van der Waals surface area contributed by atoms with E-state index in [1.165, 1.54) is 11.3 Å². The predicted octanol–water partition coefficient (Wildman–Crippen LogP) is 3.54. The molecule has 0 unspecified atom stereocenters. The Balaban J connectivity index is 2.08. The zero-order chi connectivity index (χ0) is 15.2. The highest BCUT2D eigenvalue weighted by atomic mass is 35.5. The lowest BCUT2D eigenvalue weighted by Crippen LogP contribution is -2.24. The molecular formula is C15H17ClN2O2S. The van der Waals surface area contributed by atoms with Crippen LogP contribution in [0.4, 0.5) is 0 Å². The van der Waals surface area contributed by atoms with Crippen molar-refractivity contribution in [2.75, 3.05) is 20.3 Å². The van der Waals surface area contributed by atoms with Crippen molar-refractivity contribution in [3.63, 3.8) is 0 Å². The summed E-state index contributed by atoms with van der Waals surface area (Å²) >= 11 is 7.27. The van der Waals surface area contributed by atoms with Gasteiger partial charge >= 0.3 is 0 Å². The summed E-state index contributed by atoms with van der Waals surface area (Å²) in [5.74, 6) is -0.0821. The first-order valence-corrected chi connectivity index (χ1v) is 7.81. The summed E-state index contributed by atoms with van der Waals surface area (Å²) in [7, 11) is 1.65. The number of halogens is 1. The molecule has 0 spiro atoms. The molecule has 1 aromatic heterocycles. The lowest BCUT2D eigenvalue weighted by Gasteiger charge is -2.02. The van der Waals surface area contributed by atoms with Gasteiger partial charge in [0, 0.05) is 30.8 Å². The Morgan fingerprint density at radius 1 is 1.38 bits per heavy atom. The number of nitrogens with one attached hydrogen (secondary N) is 1. The molecule has 6 heteroatoms. The number of nitrogens with zero attached hydrogens (tertiary/aromatic N) is 1. The number of carbonyl (C=O) groups is 1. The van der Waals surface area contributed by atoms with Crippen molar-refractivity contribution in [1.82, 2.24) is 10.3 Å². The minimum absolute atomic E-state index is 0.0821. The molecule has 0 radical (unpaired) electrons. The van der Waals surface area contributed by atoms with Gasteiger partial charge in [0.25, 0.3) is 5.91 Å². The number of thiazole rings is 1. The second-order valence-corrected chi connectivity index (χ2v) is 5.98. The van der Waals surface area contributed by atoms with Crippen LogP contribution in [0.25, 0.3) is 10.6 Å². The highest BCUT2D eigenvalue weighted by Crippen LogP contribution is 2.28. The van der Waals surface area contributed by atoms with Crippen LogP contribution in [0, 0.1) is 6.92 Å². The number of benzene rings is 1. The average Bonchev–Trinajstić information content (AvgIpc) is 2.86. The van der Waals surface area contributed by atoms with Crippen molar-refractivity contribution in [3.8, 4) is 10.6 Å². The van der Waals surface area contributed by atoms with Crippen molar-refractivity contribution < 1.29 is 9.53 Å². The summed E-state index contributed by atoms with van der Waals surface area (Å²) in [5.41, 5.74) is 1.71. The zero-order valence-corrected chi connectivity index (χ0v) is 13.6. The fourth-order valence-electron chi connectivity index (χ4n) is 1.82. The Kier molecular flexibility index (Phi) is 5.73. The summed E-state index contributed by atoms with van der Waals surface area (Å²) < 4.78 is 4.95. The van der Waals surface area contributed by atoms with Gasteiger partial charge < -0.3 is 10.1 Å². The van der Waals surface area contributed by atoms with Crippen LogP contribution in [0.2, 0.25) is 5.02 Å². The molecule has 1 amide bonds. The highest BCUT2D eigenvalue weighted by Gasteiger charge is 2.15. The van der Waals surface area contributed by atoms with Gasteiger partial charge in [-0.05, 0) is 25.5 Å². The largest absolute Gasteiger partial charge is 0.385 e. The van der Waals surface area contributed by atoms with Crippen LogP contribution in [0.1, 0.15) is 21.8 Å². The van der Waals surface area contributed by atoms with Gasteiger partial charge in [0.2, 0.25) is 0 Å². The van der Waals surface area contributed by atoms with Crippen molar-refractivity contribution in [1.29, 1.82) is 0 Å². The normalized spacial score (nSPS) is 10.6. The topological polar surface area (TPSA) is 51.2 Å². The summed E-state index contributed by atoms with van der Waals surface area (Å²) in [5, 5.41) is 4.39. The number of carbonyl (C=O) groups excluding carboxylic acids is 1. The smallest absolute Gasteiger partial charge is 0.263 e. The number of hydrogen-bond acceptors (Lipinski definition) is 4. The molecule has 0 fully saturated rings. The SMILES string of the molecule is COCCCNC(=O)c1sc(-c2ccc(Cl)cc2)nc1C. The van der Waals surface area contributed by atoms with Gasteiger partial charge in [-0.3, -0.25) is 4.79 Å². The van der Waals surface area contributed by atoms with E-state index < -0.39 is 0 Å². The summed E-state index contributed by atoms with van der Waals surface area (Å²) in [6, 6.07) is 7.44. The molecule has 0 saturated heterocycles. The van der Waals surface area contributed by atoms with Crippen LogP contribution in [-0.4, -0.2) is 31.2 Å². The molecule has 0 aliphatic carbocycles. The van der Waals surface area contributed by atoms with Crippen LogP contribution in [0.3, 0.4) is 0 Å². The van der Waals surface area contributed by atoms with Crippen molar-refractivity contribution >= 4 is 28.8 Å². The van der Waals surface area contributed by atoms with Crippen molar-refractivity contribution in [2.24, 2.45) is 0 Å². The number of amides is 1. The third-order valence-corrected chi connectivity index (χ3v) is 4.36. The van der Waals surface area contributed by atoms with E-state index in [2.05, 4.69) is 10.3 Å². The van der Waals surface area contributed by atoms with Gasteiger partial charge in [-0.1, -0.05) is 23.7 Å². The average molecular weight is 325 g/mol. The van der Waals surface area contributed by atoms with Crippen molar-refractivity contribution in [2.45, 2.75) is 13.3 Å². The van der Waals surface area contributed by atoms with E-state index in [4.69, 9.17) is 16.3 Å². The Morgan fingerprint density at radius 3 is 2.76 bits per heavy atom. The lowest BCUT2D eigenvalue weighted by molar-refractivity contribution is 0.0952. The first-order chi connectivity index (χ1) is 10.1. The molecule has 0 saturated carbocycles. The number of methoxy groups -OCH3 is 1. The Labute approximate surface area is 133 Å². The molecule has 2 rings (SSSR count). The second-order valence-electron chi connectivity index (χ2n) is 4.54. The highest BCUT2D eigenvalue weighted by molar-refractivity contribution is 7.17. The molecule has 4 nitrogen and oxygen atoms in total. The minimum Gasteiger partial charge on any atom is -0.385 e. The Bertz CT molecular complexity index is 611. The van der Waals surface area contributed by atoms with E-state index in [9.17, 15) is 4.79 Å². The number of rotatable bonds is 6. The van der Waals surface area contributed by atoms with Crippen LogP contribution in [0.5, 0.6) is 0 Å². The summed E-state index contributed by atoms with van der Waals surface area (Å²) in [6.07, 6.45) is 0.796. The molecule has 112 valence electrons. The Hall–Kier alpha value is -1.43. The van der Waals surface area contributed by atoms with E-state index in [0.717, 1.165) is 22.7 Å². The van der Waals surface area contributed by atoms with Gasteiger partial charge in [0.05, 0.1) is 5.69 Å². The number of aryl methyl sites for hydroxylation is 1. The van der Waals surface area contributed by atoms with Gasteiger partial charge in [0.1, 0.15) is 9.88 Å². The van der Waals surface area contributed by atoms with Gasteiger partial charge in [-0.25, -0.2) is 4.98 Å². The number of ether oxygens (including phenoxy) is 1. The van der Waals surface area contributed by atoms with E-state index in [0.29, 0.717) is 23.1 Å².